The van der Waals surface area contributed by atoms with Gasteiger partial charge in [0.2, 0.25) is 5.91 Å². The van der Waals surface area contributed by atoms with Crippen LogP contribution in [0.25, 0.3) is 0 Å². The number of nitrogens with one attached hydrogen (secondary N) is 1. The van der Waals surface area contributed by atoms with Crippen LogP contribution in [0, 0.1) is 0 Å². The first-order chi connectivity index (χ1) is 10.1. The highest BCUT2D eigenvalue weighted by atomic mass is 16.5. The van der Waals surface area contributed by atoms with Crippen molar-refractivity contribution < 1.29 is 14.3 Å². The molecule has 0 aromatic heterocycles. The fraction of sp³-hybridized carbons (Fsp3) is 0.500. The van der Waals surface area contributed by atoms with Gasteiger partial charge in [0.05, 0.1) is 13.2 Å². The van der Waals surface area contributed by atoms with E-state index in [4.69, 9.17) is 0 Å². The normalized spacial score (nSPS) is 17.0. The lowest BCUT2D eigenvalue weighted by molar-refractivity contribution is -0.141. The zero-order valence-electron chi connectivity index (χ0n) is 12.6. The first kappa shape index (κ1) is 15.5. The zero-order valence-corrected chi connectivity index (χ0v) is 12.6. The minimum Gasteiger partial charge on any atom is -0.469 e. The molecular formula is C16H22N2O3. The Bertz CT molecular complexity index is 516. The van der Waals surface area contributed by atoms with Gasteiger partial charge in [0.25, 0.3) is 0 Å². The number of rotatable bonds is 5. The third-order valence-corrected chi connectivity index (χ3v) is 3.86. The van der Waals surface area contributed by atoms with Crippen molar-refractivity contribution in [3.05, 3.63) is 35.4 Å². The number of carbonyl (C=O) groups is 2. The predicted octanol–water partition coefficient (Wildman–Crippen LogP) is 1.11. The first-order valence-corrected chi connectivity index (χ1v) is 7.23. The predicted molar refractivity (Wildman–Crippen MR) is 79.7 cm³/mol. The summed E-state index contributed by atoms with van der Waals surface area (Å²) in [6, 6.07) is 8.01. The monoisotopic (exact) mass is 290 g/mol. The summed E-state index contributed by atoms with van der Waals surface area (Å²) in [5.41, 5.74) is 2.49. The van der Waals surface area contributed by atoms with Gasteiger partial charge < -0.3 is 15.0 Å². The molecule has 0 fully saturated rings. The van der Waals surface area contributed by atoms with E-state index in [1.807, 2.05) is 12.1 Å². The van der Waals surface area contributed by atoms with Crippen LogP contribution in [0.3, 0.4) is 0 Å². The quantitative estimate of drug-likeness (QED) is 0.825. The number of nitrogens with zero attached hydrogens (tertiary/aromatic N) is 1. The van der Waals surface area contributed by atoms with E-state index < -0.39 is 0 Å². The number of ether oxygens (including phenoxy) is 1. The summed E-state index contributed by atoms with van der Waals surface area (Å²) in [5.74, 6) is -0.157. The van der Waals surface area contributed by atoms with Crippen LogP contribution in [-0.2, 0) is 27.3 Å². The molecule has 0 unspecified atom stereocenters. The molecule has 2 rings (SSSR count). The van der Waals surface area contributed by atoms with E-state index in [0.29, 0.717) is 19.4 Å². The number of carbonyl (C=O) groups excluding carboxylic acids is 2. The van der Waals surface area contributed by atoms with Crippen molar-refractivity contribution >= 4 is 11.9 Å². The Labute approximate surface area is 125 Å². The van der Waals surface area contributed by atoms with E-state index in [0.717, 1.165) is 13.0 Å². The molecule has 1 aromatic rings. The minimum absolute atomic E-state index is 0.0781. The van der Waals surface area contributed by atoms with Gasteiger partial charge in [-0.3, -0.25) is 9.59 Å². The number of hydrogen-bond donors (Lipinski definition) is 1. The molecule has 21 heavy (non-hydrogen) atoms. The van der Waals surface area contributed by atoms with E-state index in [1.54, 1.807) is 11.9 Å². The van der Waals surface area contributed by atoms with Crippen LogP contribution in [0.1, 0.15) is 24.0 Å². The third kappa shape index (κ3) is 4.04. The van der Waals surface area contributed by atoms with E-state index in [9.17, 15) is 9.59 Å². The molecule has 1 aliphatic heterocycles. The summed E-state index contributed by atoms with van der Waals surface area (Å²) < 4.78 is 4.59. The Morgan fingerprint density at radius 3 is 2.76 bits per heavy atom. The second-order valence-corrected chi connectivity index (χ2v) is 5.35. The number of likely N-dealkylation sites (N-methyl/N-ethyl adjacent to an activating group) is 1. The zero-order chi connectivity index (χ0) is 15.2. The lowest BCUT2D eigenvalue weighted by Crippen LogP contribution is -2.48. The number of esters is 1. The molecule has 1 N–H and O–H groups in total. The van der Waals surface area contributed by atoms with Gasteiger partial charge in [-0.25, -0.2) is 0 Å². The van der Waals surface area contributed by atoms with Gasteiger partial charge in [-0.05, 0) is 24.0 Å². The van der Waals surface area contributed by atoms with Crippen LogP contribution >= 0.6 is 0 Å². The smallest absolute Gasteiger partial charge is 0.305 e. The lowest BCUT2D eigenvalue weighted by Gasteiger charge is -2.29. The molecule has 114 valence electrons. The maximum atomic E-state index is 12.4. The Morgan fingerprint density at radius 2 is 2.05 bits per heavy atom. The highest BCUT2D eigenvalue weighted by Crippen LogP contribution is 2.17. The van der Waals surface area contributed by atoms with Gasteiger partial charge in [0, 0.05) is 26.6 Å². The summed E-state index contributed by atoms with van der Waals surface area (Å²) in [7, 11) is 3.16. The molecule has 5 heteroatoms. The second kappa shape index (κ2) is 7.22. The SMILES string of the molecule is COC(=O)CCCN(C)C(=O)[C@@H]1Cc2ccccc2CN1. The average molecular weight is 290 g/mol. The average Bonchev–Trinajstić information content (AvgIpc) is 2.53. The Morgan fingerprint density at radius 1 is 1.33 bits per heavy atom. The van der Waals surface area contributed by atoms with Gasteiger partial charge in [0.15, 0.2) is 0 Å². The topological polar surface area (TPSA) is 58.6 Å². The summed E-state index contributed by atoms with van der Waals surface area (Å²) in [4.78, 5) is 25.2. The van der Waals surface area contributed by atoms with Crippen molar-refractivity contribution in [1.29, 1.82) is 0 Å². The van der Waals surface area contributed by atoms with Crippen LogP contribution in [0.4, 0.5) is 0 Å². The number of benzene rings is 1. The first-order valence-electron chi connectivity index (χ1n) is 7.23. The molecule has 0 saturated heterocycles. The standard InChI is InChI=1S/C16H22N2O3/c1-18(9-5-8-15(19)21-2)16(20)14-10-12-6-3-4-7-13(12)11-17-14/h3-4,6-7,14,17H,5,8-11H2,1-2H3/t14-/m0/s1. The summed E-state index contributed by atoms with van der Waals surface area (Å²) in [5, 5.41) is 3.28. The van der Waals surface area contributed by atoms with E-state index >= 15 is 0 Å². The molecule has 1 aliphatic rings. The summed E-state index contributed by atoms with van der Waals surface area (Å²) in [6.07, 6.45) is 1.68. The van der Waals surface area contributed by atoms with Crippen LogP contribution in [0.5, 0.6) is 0 Å². The maximum Gasteiger partial charge on any atom is 0.305 e. The van der Waals surface area contributed by atoms with E-state index in [2.05, 4.69) is 22.2 Å². The maximum absolute atomic E-state index is 12.4. The fourth-order valence-corrected chi connectivity index (χ4v) is 2.57. The molecule has 1 atom stereocenters. The molecule has 1 amide bonds. The summed E-state index contributed by atoms with van der Waals surface area (Å²) in [6.45, 7) is 1.29. The summed E-state index contributed by atoms with van der Waals surface area (Å²) >= 11 is 0. The molecule has 0 bridgehead atoms. The lowest BCUT2D eigenvalue weighted by atomic mass is 9.95. The fourth-order valence-electron chi connectivity index (χ4n) is 2.57. The van der Waals surface area contributed by atoms with Crippen molar-refractivity contribution in [1.82, 2.24) is 10.2 Å². The molecule has 1 heterocycles. The molecule has 0 spiro atoms. The van der Waals surface area contributed by atoms with Gasteiger partial charge in [0.1, 0.15) is 0 Å². The number of fused-ring (bicyclic) bond motifs is 1. The van der Waals surface area contributed by atoms with Gasteiger partial charge in [-0.2, -0.15) is 0 Å². The second-order valence-electron chi connectivity index (χ2n) is 5.35. The van der Waals surface area contributed by atoms with Crippen molar-refractivity contribution in [2.45, 2.75) is 31.8 Å². The number of hydrogen-bond acceptors (Lipinski definition) is 4. The Kier molecular flexibility index (Phi) is 5.33. The van der Waals surface area contributed by atoms with Crippen LogP contribution in [0.2, 0.25) is 0 Å². The largest absolute Gasteiger partial charge is 0.469 e. The highest BCUT2D eigenvalue weighted by Gasteiger charge is 2.26. The van der Waals surface area contributed by atoms with E-state index in [1.165, 1.54) is 18.2 Å². The molecular weight excluding hydrogens is 268 g/mol. The Balaban J connectivity index is 1.85. The highest BCUT2D eigenvalue weighted by molar-refractivity contribution is 5.82. The van der Waals surface area contributed by atoms with Crippen molar-refractivity contribution in [3.63, 3.8) is 0 Å². The minimum atomic E-state index is -0.236. The van der Waals surface area contributed by atoms with Gasteiger partial charge >= 0.3 is 5.97 Å². The Hall–Kier alpha value is -1.88. The molecule has 0 saturated carbocycles. The number of amides is 1. The van der Waals surface area contributed by atoms with Crippen molar-refractivity contribution in [2.24, 2.45) is 0 Å². The molecule has 0 radical (unpaired) electrons. The van der Waals surface area contributed by atoms with Crippen LogP contribution < -0.4 is 5.32 Å². The van der Waals surface area contributed by atoms with Crippen molar-refractivity contribution in [2.75, 3.05) is 20.7 Å². The van der Waals surface area contributed by atoms with Crippen molar-refractivity contribution in [3.8, 4) is 0 Å². The van der Waals surface area contributed by atoms with Crippen LogP contribution in [0.15, 0.2) is 24.3 Å². The number of methoxy groups -OCH3 is 1. The van der Waals surface area contributed by atoms with Gasteiger partial charge in [-0.1, -0.05) is 24.3 Å². The molecule has 1 aromatic carbocycles. The van der Waals surface area contributed by atoms with Gasteiger partial charge in [-0.15, -0.1) is 0 Å². The van der Waals surface area contributed by atoms with Crippen LogP contribution in [-0.4, -0.2) is 43.5 Å². The third-order valence-electron chi connectivity index (χ3n) is 3.86. The molecule has 5 nitrogen and oxygen atoms in total. The van der Waals surface area contributed by atoms with E-state index in [-0.39, 0.29) is 17.9 Å². The molecule has 0 aliphatic carbocycles.